The van der Waals surface area contributed by atoms with Crippen LogP contribution in [0.25, 0.3) is 0 Å². The van der Waals surface area contributed by atoms with Crippen LogP contribution in [0.4, 0.5) is 0 Å². The van der Waals surface area contributed by atoms with Crippen LogP contribution < -0.4 is 27.4 Å². The number of nitrogens with one attached hydrogen (secondary N) is 3. The maximum absolute atomic E-state index is 12.4. The summed E-state index contributed by atoms with van der Waals surface area (Å²) in [5, 5.41) is 43.2. The topological polar surface area (TPSA) is 271 Å². The molecule has 0 saturated heterocycles. The molecule has 0 heterocycles. The smallest absolute Gasteiger partial charge is 0.326 e. The fourth-order valence-corrected chi connectivity index (χ4v) is 2.35. The zero-order valence-corrected chi connectivity index (χ0v) is 17.3. The van der Waals surface area contributed by atoms with Crippen molar-refractivity contribution in [3.05, 3.63) is 0 Å². The third-order valence-electron chi connectivity index (χ3n) is 4.18. The minimum atomic E-state index is -1.66. The van der Waals surface area contributed by atoms with E-state index in [1.54, 1.807) is 0 Å². The van der Waals surface area contributed by atoms with Crippen LogP contribution >= 0.6 is 0 Å². The number of rotatable bonds is 15. The molecule has 0 aliphatic carbocycles. The van der Waals surface area contributed by atoms with E-state index in [0.29, 0.717) is 0 Å². The highest BCUT2D eigenvalue weighted by Gasteiger charge is 2.32. The summed E-state index contributed by atoms with van der Waals surface area (Å²) in [5.74, 6) is -6.61. The van der Waals surface area contributed by atoms with E-state index in [1.807, 2.05) is 5.32 Å². The molecule has 0 rings (SSSR count). The Labute approximate surface area is 182 Å². The molecule has 0 aliphatic heterocycles. The average Bonchev–Trinajstić information content (AvgIpc) is 2.69. The molecule has 5 atom stereocenters. The number of carboxylic acid groups (broad SMARTS) is 2. The molecular weight excluding hydrogens is 434 g/mol. The van der Waals surface area contributed by atoms with Gasteiger partial charge in [-0.25, -0.2) is 4.79 Å². The third-order valence-corrected chi connectivity index (χ3v) is 4.18. The lowest BCUT2D eigenvalue weighted by atomic mass is 10.1. The number of nitrogens with two attached hydrogens (primary N) is 2. The van der Waals surface area contributed by atoms with Crippen molar-refractivity contribution < 1.29 is 49.2 Å². The summed E-state index contributed by atoms with van der Waals surface area (Å²) in [6.07, 6.45) is -2.79. The number of carboxylic acids is 2. The van der Waals surface area contributed by atoms with Crippen molar-refractivity contribution in [3.8, 4) is 0 Å². The zero-order valence-electron chi connectivity index (χ0n) is 17.3. The lowest BCUT2D eigenvalue weighted by Crippen LogP contribution is -2.60. The summed E-state index contributed by atoms with van der Waals surface area (Å²) in [6, 6.07) is -6.10. The third kappa shape index (κ3) is 10.6. The number of aliphatic hydroxyl groups is 2. The first-order chi connectivity index (χ1) is 14.8. The lowest BCUT2D eigenvalue weighted by Gasteiger charge is -2.25. The molecule has 0 aromatic carbocycles. The van der Waals surface area contributed by atoms with Gasteiger partial charge in [-0.15, -0.1) is 0 Å². The molecule has 0 aromatic rings. The van der Waals surface area contributed by atoms with E-state index < -0.39 is 78.9 Å². The summed E-state index contributed by atoms with van der Waals surface area (Å²) < 4.78 is 0. The minimum absolute atomic E-state index is 0.237. The molecule has 182 valence electrons. The highest BCUT2D eigenvalue weighted by molar-refractivity contribution is 5.94. The Morgan fingerprint density at radius 1 is 0.844 bits per heavy atom. The molecule has 15 heteroatoms. The van der Waals surface area contributed by atoms with E-state index in [0.717, 1.165) is 6.92 Å². The number of aliphatic hydroxyl groups excluding tert-OH is 2. The van der Waals surface area contributed by atoms with E-state index in [1.165, 1.54) is 0 Å². The molecule has 0 fully saturated rings. The SMILES string of the molecule is CC(O)C(NC(=O)C(N)CCC(=O)O)C(=O)NC(CO)C(=O)NC(CCC(N)=O)C(=O)O. The fourth-order valence-electron chi connectivity index (χ4n) is 2.35. The van der Waals surface area contributed by atoms with Crippen molar-refractivity contribution in [2.24, 2.45) is 11.5 Å². The van der Waals surface area contributed by atoms with Crippen molar-refractivity contribution in [1.82, 2.24) is 16.0 Å². The van der Waals surface area contributed by atoms with Gasteiger partial charge < -0.3 is 47.8 Å². The van der Waals surface area contributed by atoms with E-state index >= 15 is 0 Å². The number of hydrogen-bond donors (Lipinski definition) is 9. The molecule has 5 unspecified atom stereocenters. The average molecular weight is 463 g/mol. The molecule has 0 bridgehead atoms. The molecule has 15 nitrogen and oxygen atoms in total. The van der Waals surface area contributed by atoms with Crippen LogP contribution in [0, 0.1) is 0 Å². The van der Waals surface area contributed by atoms with Crippen LogP contribution in [-0.2, 0) is 28.8 Å². The summed E-state index contributed by atoms with van der Waals surface area (Å²) in [5.41, 5.74) is 10.5. The number of carbonyl (C=O) groups is 6. The van der Waals surface area contributed by atoms with Crippen LogP contribution in [0.5, 0.6) is 0 Å². The van der Waals surface area contributed by atoms with Gasteiger partial charge in [0.15, 0.2) is 0 Å². The first kappa shape index (κ1) is 28.7. The van der Waals surface area contributed by atoms with Crippen molar-refractivity contribution in [2.45, 2.75) is 62.9 Å². The predicted molar refractivity (Wildman–Crippen MR) is 105 cm³/mol. The summed E-state index contributed by atoms with van der Waals surface area (Å²) in [6.45, 7) is 0.184. The normalized spacial score (nSPS) is 15.4. The Morgan fingerprint density at radius 3 is 1.84 bits per heavy atom. The van der Waals surface area contributed by atoms with Gasteiger partial charge in [-0.05, 0) is 19.8 Å². The Morgan fingerprint density at radius 2 is 1.41 bits per heavy atom. The van der Waals surface area contributed by atoms with Crippen LogP contribution in [0.3, 0.4) is 0 Å². The van der Waals surface area contributed by atoms with Gasteiger partial charge in [-0.1, -0.05) is 0 Å². The van der Waals surface area contributed by atoms with Crippen LogP contribution in [-0.4, -0.2) is 92.9 Å². The van der Waals surface area contributed by atoms with Crippen molar-refractivity contribution in [2.75, 3.05) is 6.61 Å². The van der Waals surface area contributed by atoms with E-state index in [4.69, 9.17) is 21.7 Å². The van der Waals surface area contributed by atoms with Gasteiger partial charge in [0.1, 0.15) is 18.1 Å². The van der Waals surface area contributed by atoms with Crippen molar-refractivity contribution >= 4 is 35.6 Å². The second-order valence-corrected chi connectivity index (χ2v) is 6.91. The second-order valence-electron chi connectivity index (χ2n) is 6.91. The monoisotopic (exact) mass is 463 g/mol. The highest BCUT2D eigenvalue weighted by Crippen LogP contribution is 2.02. The minimum Gasteiger partial charge on any atom is -0.481 e. The number of aliphatic carboxylic acids is 2. The largest absolute Gasteiger partial charge is 0.481 e. The Balaban J connectivity index is 5.14. The van der Waals surface area contributed by atoms with Crippen LogP contribution in [0.1, 0.15) is 32.6 Å². The predicted octanol–water partition coefficient (Wildman–Crippen LogP) is -4.64. The molecular formula is C17H29N5O10. The maximum atomic E-state index is 12.4. The van der Waals surface area contributed by atoms with Crippen LogP contribution in [0.2, 0.25) is 0 Å². The molecule has 11 N–H and O–H groups in total. The summed E-state index contributed by atoms with van der Waals surface area (Å²) in [7, 11) is 0. The van der Waals surface area contributed by atoms with E-state index in [9.17, 15) is 39.0 Å². The van der Waals surface area contributed by atoms with Gasteiger partial charge >= 0.3 is 11.9 Å². The van der Waals surface area contributed by atoms with Crippen molar-refractivity contribution in [1.29, 1.82) is 0 Å². The van der Waals surface area contributed by atoms with Gasteiger partial charge in [0, 0.05) is 12.8 Å². The Hall–Kier alpha value is -3.30. The Kier molecular flexibility index (Phi) is 12.5. The molecule has 0 aliphatic rings. The quantitative estimate of drug-likeness (QED) is 0.111. The van der Waals surface area contributed by atoms with Gasteiger partial charge in [-0.3, -0.25) is 24.0 Å². The molecule has 4 amide bonds. The molecule has 0 radical (unpaired) electrons. The molecule has 0 aromatic heterocycles. The van der Waals surface area contributed by atoms with E-state index in [-0.39, 0.29) is 19.3 Å². The molecule has 0 saturated carbocycles. The number of amides is 4. The van der Waals surface area contributed by atoms with Crippen LogP contribution in [0.15, 0.2) is 0 Å². The standard InChI is InChI=1S/C17H29N5O10/c1-7(24)13(22-14(28)8(18)2-5-12(26)27)16(30)21-10(6-23)15(29)20-9(17(31)32)3-4-11(19)25/h7-10,13,23-24H,2-6,18H2,1H3,(H2,19,25)(H,20,29)(H,21,30)(H,22,28)(H,26,27)(H,31,32). The summed E-state index contributed by atoms with van der Waals surface area (Å²) in [4.78, 5) is 69.3. The highest BCUT2D eigenvalue weighted by atomic mass is 16.4. The zero-order chi connectivity index (χ0) is 25.0. The van der Waals surface area contributed by atoms with Gasteiger partial charge in [0.05, 0.1) is 18.8 Å². The molecule has 32 heavy (non-hydrogen) atoms. The first-order valence-electron chi connectivity index (χ1n) is 9.48. The van der Waals surface area contributed by atoms with Gasteiger partial charge in [0.2, 0.25) is 23.6 Å². The number of hydrogen-bond acceptors (Lipinski definition) is 9. The van der Waals surface area contributed by atoms with Gasteiger partial charge in [-0.2, -0.15) is 0 Å². The van der Waals surface area contributed by atoms with Crippen molar-refractivity contribution in [3.63, 3.8) is 0 Å². The fraction of sp³-hybridized carbons (Fsp3) is 0.647. The maximum Gasteiger partial charge on any atom is 0.326 e. The first-order valence-corrected chi connectivity index (χ1v) is 9.48. The van der Waals surface area contributed by atoms with Gasteiger partial charge in [0.25, 0.3) is 0 Å². The lowest BCUT2D eigenvalue weighted by molar-refractivity contribution is -0.143. The number of primary amides is 1. The Bertz CT molecular complexity index is 714. The summed E-state index contributed by atoms with van der Waals surface area (Å²) >= 11 is 0. The second kappa shape index (κ2) is 13.9. The molecule has 0 spiro atoms. The van der Waals surface area contributed by atoms with E-state index in [2.05, 4.69) is 10.6 Å². The number of carbonyl (C=O) groups excluding carboxylic acids is 4.